The van der Waals surface area contributed by atoms with Gasteiger partial charge < -0.3 is 20.1 Å². The van der Waals surface area contributed by atoms with Crippen LogP contribution in [0.1, 0.15) is 26.1 Å². The number of nitrogens with one attached hydrogen (secondary N) is 2. The molecule has 0 radical (unpaired) electrons. The van der Waals surface area contributed by atoms with Crippen LogP contribution in [0.3, 0.4) is 0 Å². The Balaban J connectivity index is 0.00000280. The lowest BCUT2D eigenvalue weighted by Gasteiger charge is -2.20. The van der Waals surface area contributed by atoms with Crippen molar-refractivity contribution in [2.45, 2.75) is 39.4 Å². The zero-order valence-corrected chi connectivity index (χ0v) is 20.6. The van der Waals surface area contributed by atoms with Gasteiger partial charge in [0.2, 0.25) is 0 Å². The fourth-order valence-electron chi connectivity index (χ4n) is 3.38. The van der Waals surface area contributed by atoms with E-state index in [1.54, 1.807) is 0 Å². The van der Waals surface area contributed by atoms with Crippen LogP contribution in [0.5, 0.6) is 0 Å². The van der Waals surface area contributed by atoms with E-state index in [1.807, 2.05) is 19.4 Å². The molecule has 1 unspecified atom stereocenters. The number of anilines is 1. The second-order valence-electron chi connectivity index (χ2n) is 7.37. The molecular weight excluding hydrogens is 531 g/mol. The highest BCUT2D eigenvalue weighted by atomic mass is 127. The molecule has 2 heterocycles. The number of aromatic nitrogens is 2. The largest absolute Gasteiger partial charge is 0.369 e. The van der Waals surface area contributed by atoms with Crippen LogP contribution in [0.15, 0.2) is 46.1 Å². The number of imidazole rings is 1. The number of halogens is 2. The number of aliphatic imine (C=N–C) groups is 1. The smallest absolute Gasteiger partial charge is 0.191 e. The fraction of sp³-hybridized carbons (Fsp3) is 0.500. The first kappa shape index (κ1) is 23.0. The highest BCUT2D eigenvalue weighted by Crippen LogP contribution is 2.22. The molecule has 1 aliphatic rings. The van der Waals surface area contributed by atoms with Gasteiger partial charge in [0.25, 0.3) is 0 Å². The molecule has 6 nitrogen and oxygen atoms in total. The quantitative estimate of drug-likeness (QED) is 0.320. The minimum atomic E-state index is 0. The van der Waals surface area contributed by atoms with Gasteiger partial charge in [0.1, 0.15) is 5.82 Å². The maximum atomic E-state index is 4.47. The number of benzene rings is 1. The molecule has 3 rings (SSSR count). The monoisotopic (exact) mass is 560 g/mol. The van der Waals surface area contributed by atoms with Gasteiger partial charge in [0.15, 0.2) is 5.96 Å². The molecule has 2 aromatic rings. The summed E-state index contributed by atoms with van der Waals surface area (Å²) in [5.74, 6) is 2.46. The van der Waals surface area contributed by atoms with Crippen LogP contribution in [0.4, 0.5) is 5.69 Å². The summed E-state index contributed by atoms with van der Waals surface area (Å²) in [5.41, 5.74) is 1.26. The standard InChI is InChI=1S/C20H29BrN6.HI/c1-15(2)13-27-11-9-23-19(27)12-24-20(22-3)25-17-8-10-26(14-17)18-6-4-16(21)5-7-18;/h4-7,9,11,15,17H,8,10,12-14H2,1-3H3,(H2,22,24,25);1H. The highest BCUT2D eigenvalue weighted by Gasteiger charge is 2.23. The first-order valence-corrected chi connectivity index (χ1v) is 10.3. The maximum Gasteiger partial charge on any atom is 0.191 e. The molecule has 1 aromatic carbocycles. The van der Waals surface area contributed by atoms with Crippen LogP contribution in [-0.2, 0) is 13.1 Å². The zero-order valence-electron chi connectivity index (χ0n) is 16.7. The van der Waals surface area contributed by atoms with Crippen molar-refractivity contribution in [1.29, 1.82) is 0 Å². The Morgan fingerprint density at radius 2 is 2.07 bits per heavy atom. The predicted octanol–water partition coefficient (Wildman–Crippen LogP) is 3.86. The molecule has 2 N–H and O–H groups in total. The van der Waals surface area contributed by atoms with E-state index in [9.17, 15) is 0 Å². The van der Waals surface area contributed by atoms with Crippen molar-refractivity contribution in [1.82, 2.24) is 20.2 Å². The predicted molar refractivity (Wildman–Crippen MR) is 131 cm³/mol. The van der Waals surface area contributed by atoms with Crippen molar-refractivity contribution in [3.63, 3.8) is 0 Å². The lowest BCUT2D eigenvalue weighted by molar-refractivity contribution is 0.503. The molecule has 1 aromatic heterocycles. The molecule has 1 aliphatic heterocycles. The Bertz CT molecular complexity index is 758. The number of guanidine groups is 1. The Kier molecular flexibility index (Phi) is 9.07. The molecule has 28 heavy (non-hydrogen) atoms. The van der Waals surface area contributed by atoms with E-state index in [1.165, 1.54) is 5.69 Å². The lowest BCUT2D eigenvalue weighted by Crippen LogP contribution is -2.44. The molecule has 1 atom stereocenters. The van der Waals surface area contributed by atoms with Gasteiger partial charge in [0.05, 0.1) is 6.54 Å². The third-order valence-electron chi connectivity index (χ3n) is 4.72. The van der Waals surface area contributed by atoms with E-state index in [2.05, 4.69) is 84.1 Å². The van der Waals surface area contributed by atoms with Gasteiger partial charge >= 0.3 is 0 Å². The summed E-state index contributed by atoms with van der Waals surface area (Å²) in [4.78, 5) is 11.3. The van der Waals surface area contributed by atoms with Gasteiger partial charge in [-0.2, -0.15) is 0 Å². The molecular formula is C20H30BrIN6. The summed E-state index contributed by atoms with van der Waals surface area (Å²) in [6.07, 6.45) is 5.00. The summed E-state index contributed by atoms with van der Waals surface area (Å²) in [6, 6.07) is 8.89. The summed E-state index contributed by atoms with van der Waals surface area (Å²) in [6.45, 7) is 8.11. The Morgan fingerprint density at radius 3 is 2.75 bits per heavy atom. The molecule has 8 heteroatoms. The molecule has 0 aliphatic carbocycles. The van der Waals surface area contributed by atoms with Crippen molar-refractivity contribution in [3.05, 3.63) is 47.0 Å². The Hall–Kier alpha value is -1.29. The summed E-state index contributed by atoms with van der Waals surface area (Å²) in [5, 5.41) is 6.96. The van der Waals surface area contributed by atoms with Crippen LogP contribution >= 0.6 is 39.9 Å². The van der Waals surface area contributed by atoms with Gasteiger partial charge in [-0.25, -0.2) is 4.98 Å². The molecule has 0 spiro atoms. The average molecular weight is 561 g/mol. The van der Waals surface area contributed by atoms with Crippen LogP contribution in [0, 0.1) is 5.92 Å². The molecule has 0 amide bonds. The van der Waals surface area contributed by atoms with E-state index in [0.717, 1.165) is 42.3 Å². The molecule has 1 saturated heterocycles. The lowest BCUT2D eigenvalue weighted by atomic mass is 10.2. The normalized spacial score (nSPS) is 17.0. The van der Waals surface area contributed by atoms with Gasteiger partial charge in [-0.15, -0.1) is 24.0 Å². The van der Waals surface area contributed by atoms with Crippen molar-refractivity contribution >= 4 is 51.6 Å². The Morgan fingerprint density at radius 1 is 1.32 bits per heavy atom. The summed E-state index contributed by atoms with van der Waals surface area (Å²) < 4.78 is 3.32. The number of nitrogens with zero attached hydrogens (tertiary/aromatic N) is 4. The second-order valence-corrected chi connectivity index (χ2v) is 8.28. The SMILES string of the molecule is CN=C(NCc1nccn1CC(C)C)NC1CCN(c2ccc(Br)cc2)C1.I. The molecule has 1 fully saturated rings. The minimum absolute atomic E-state index is 0. The van der Waals surface area contributed by atoms with E-state index >= 15 is 0 Å². The molecule has 154 valence electrons. The topological polar surface area (TPSA) is 57.5 Å². The van der Waals surface area contributed by atoms with Crippen LogP contribution in [0.2, 0.25) is 0 Å². The third kappa shape index (κ3) is 6.37. The van der Waals surface area contributed by atoms with Crippen molar-refractivity contribution in [2.24, 2.45) is 10.9 Å². The number of rotatable bonds is 6. The molecule has 0 bridgehead atoms. The molecule has 0 saturated carbocycles. The van der Waals surface area contributed by atoms with Gasteiger partial charge in [-0.1, -0.05) is 29.8 Å². The number of hydrogen-bond acceptors (Lipinski definition) is 3. The first-order valence-electron chi connectivity index (χ1n) is 9.53. The van der Waals surface area contributed by atoms with E-state index in [0.29, 0.717) is 18.5 Å². The Labute approximate surface area is 193 Å². The highest BCUT2D eigenvalue weighted by molar-refractivity contribution is 14.0. The van der Waals surface area contributed by atoms with E-state index in [4.69, 9.17) is 0 Å². The van der Waals surface area contributed by atoms with Gasteiger partial charge in [0, 0.05) is 55.3 Å². The van der Waals surface area contributed by atoms with Crippen molar-refractivity contribution in [3.8, 4) is 0 Å². The minimum Gasteiger partial charge on any atom is -0.369 e. The summed E-state index contributed by atoms with van der Waals surface area (Å²) in [7, 11) is 1.82. The van der Waals surface area contributed by atoms with Crippen molar-refractivity contribution in [2.75, 3.05) is 25.0 Å². The van der Waals surface area contributed by atoms with Crippen molar-refractivity contribution < 1.29 is 0 Å². The van der Waals surface area contributed by atoms with Gasteiger partial charge in [-0.3, -0.25) is 4.99 Å². The average Bonchev–Trinajstić information content (AvgIpc) is 3.28. The summed E-state index contributed by atoms with van der Waals surface area (Å²) >= 11 is 3.50. The zero-order chi connectivity index (χ0) is 19.2. The van der Waals surface area contributed by atoms with Crippen LogP contribution in [-0.4, -0.2) is 41.7 Å². The van der Waals surface area contributed by atoms with Crippen LogP contribution in [0.25, 0.3) is 0 Å². The van der Waals surface area contributed by atoms with E-state index < -0.39 is 0 Å². The van der Waals surface area contributed by atoms with Gasteiger partial charge in [-0.05, 0) is 36.6 Å². The number of hydrogen-bond donors (Lipinski definition) is 2. The third-order valence-corrected chi connectivity index (χ3v) is 5.25. The van der Waals surface area contributed by atoms with E-state index in [-0.39, 0.29) is 24.0 Å². The van der Waals surface area contributed by atoms with Crippen LogP contribution < -0.4 is 15.5 Å². The fourth-order valence-corrected chi connectivity index (χ4v) is 3.65. The second kappa shape index (κ2) is 11.0. The first-order chi connectivity index (χ1) is 13.0. The maximum absolute atomic E-state index is 4.47.